The smallest absolute Gasteiger partial charge is 0.352 e. The number of fused-ring (bicyclic) bond motifs is 1. The lowest BCUT2D eigenvalue weighted by Gasteiger charge is -2.45. The molecule has 408 valence electrons. The molecule has 3 fully saturated rings. The van der Waals surface area contributed by atoms with Gasteiger partial charge in [0.15, 0.2) is 23.1 Å². The molecule has 3 aliphatic rings. The number of imidazole rings is 1. The minimum atomic E-state index is -4.08. The van der Waals surface area contributed by atoms with Crippen molar-refractivity contribution in [3.63, 3.8) is 0 Å². The van der Waals surface area contributed by atoms with E-state index in [0.29, 0.717) is 65.9 Å². The van der Waals surface area contributed by atoms with E-state index in [9.17, 15) is 37.2 Å². The summed E-state index contributed by atoms with van der Waals surface area (Å²) in [6, 6.07) is 15.9. The van der Waals surface area contributed by atoms with Crippen molar-refractivity contribution < 1.29 is 51.0 Å². The number of carbonyl (C=O) groups excluding carboxylic acids is 5. The van der Waals surface area contributed by atoms with Crippen LogP contribution in [0, 0.1) is 5.82 Å². The molecule has 76 heavy (non-hydrogen) atoms. The number of carbonyl (C=O) groups is 5. The van der Waals surface area contributed by atoms with Crippen molar-refractivity contribution >= 4 is 85.2 Å². The summed E-state index contributed by atoms with van der Waals surface area (Å²) in [6.07, 6.45) is 2.39. The summed E-state index contributed by atoms with van der Waals surface area (Å²) in [5.74, 6) is -3.57. The Morgan fingerprint density at radius 2 is 1.59 bits per heavy atom. The highest BCUT2D eigenvalue weighted by molar-refractivity contribution is 7.88. The number of sulfonamides is 1. The first-order valence-corrected chi connectivity index (χ1v) is 28.0. The molecule has 0 saturated carbocycles. The van der Waals surface area contributed by atoms with Crippen molar-refractivity contribution in [3.05, 3.63) is 98.0 Å². The summed E-state index contributed by atoms with van der Waals surface area (Å²) in [5.41, 5.74) is 0.541. The van der Waals surface area contributed by atoms with Crippen LogP contribution in [0.15, 0.2) is 65.5 Å². The van der Waals surface area contributed by atoms with Crippen molar-refractivity contribution in [2.75, 3.05) is 36.9 Å². The number of nitrogens with zero attached hydrogens (tertiary/aromatic N) is 4. The molecule has 3 N–H and O–H groups in total. The number of benzene rings is 3. The van der Waals surface area contributed by atoms with E-state index in [1.54, 1.807) is 53.5 Å². The summed E-state index contributed by atoms with van der Waals surface area (Å²) in [4.78, 5) is 79.4. The zero-order valence-corrected chi connectivity index (χ0v) is 46.5. The lowest BCUT2D eigenvalue weighted by Crippen LogP contribution is -2.55. The first kappa shape index (κ1) is 55.9. The van der Waals surface area contributed by atoms with Crippen molar-refractivity contribution in [1.82, 2.24) is 23.7 Å². The third-order valence-corrected chi connectivity index (χ3v) is 17.3. The zero-order chi connectivity index (χ0) is 55.2. The van der Waals surface area contributed by atoms with Crippen LogP contribution in [0.4, 0.5) is 20.6 Å². The molecule has 0 aliphatic carbocycles. The topological polar surface area (TPSA) is 217 Å². The number of imide groups is 1. The predicted molar refractivity (Wildman–Crippen MR) is 289 cm³/mol. The number of likely N-dealkylation sites (tertiary alicyclic amines) is 1. The number of esters is 2. The standard InChI is InChI=1S/C54H65ClFN7O11S2/c1-52(2,3)73-42(65)29-72-45-43(55)46(75-47(45)49(67)74-53(4,5)6)33-12-10-14-35(26-33)57-36-22-25-62(54(7,8)28-36)76(70,71)30-34-13-11-15-37(44(34)56)58-50(68)61-23-20-31(21-24-61)32-16-17-38-40(27-32)60(9)51(69)63(38)39-18-19-41(64)59-48(39)66/h10-17,26-27,31,36,39,57H,18-25,28-30H2,1-9H3,(H,58,68)(H,59,64,66)/t36-,39?/m0/s1. The van der Waals surface area contributed by atoms with E-state index < -0.39 is 74.9 Å². The Labute approximate surface area is 450 Å². The molecule has 0 bridgehead atoms. The van der Waals surface area contributed by atoms with Gasteiger partial charge in [-0.2, -0.15) is 4.31 Å². The van der Waals surface area contributed by atoms with E-state index in [2.05, 4.69) is 16.0 Å². The molecule has 22 heteroatoms. The number of anilines is 2. The lowest BCUT2D eigenvalue weighted by molar-refractivity contribution is -0.157. The highest BCUT2D eigenvalue weighted by Gasteiger charge is 2.42. The molecule has 18 nitrogen and oxygen atoms in total. The average molecular weight is 1110 g/mol. The Bertz CT molecular complexity index is 3280. The number of nitrogens with one attached hydrogen (secondary N) is 3. The zero-order valence-electron chi connectivity index (χ0n) is 44.1. The van der Waals surface area contributed by atoms with E-state index >= 15 is 4.39 Å². The number of piperidine rings is 3. The molecular formula is C54H65ClFN7O11S2. The number of halogens is 2. The normalized spacial score (nSPS) is 18.8. The quantitative estimate of drug-likeness (QED) is 0.0743. The number of amides is 4. The molecule has 3 saturated heterocycles. The Morgan fingerprint density at radius 1 is 0.895 bits per heavy atom. The number of urea groups is 1. The fraction of sp³-hybridized carbons (Fsp3) is 0.481. The van der Waals surface area contributed by atoms with E-state index in [-0.39, 0.29) is 69.8 Å². The van der Waals surface area contributed by atoms with Crippen LogP contribution >= 0.6 is 22.9 Å². The highest BCUT2D eigenvalue weighted by atomic mass is 35.5. The van der Waals surface area contributed by atoms with Crippen LogP contribution in [0.25, 0.3) is 21.5 Å². The number of aryl methyl sites for hydroxylation is 1. The first-order valence-electron chi connectivity index (χ1n) is 25.2. The summed E-state index contributed by atoms with van der Waals surface area (Å²) < 4.78 is 65.8. The number of thiophene rings is 1. The number of aromatic nitrogens is 2. The van der Waals surface area contributed by atoms with Gasteiger partial charge in [0.05, 0.1) is 27.4 Å². The van der Waals surface area contributed by atoms with Crippen LogP contribution in [-0.2, 0) is 46.7 Å². The van der Waals surface area contributed by atoms with E-state index in [4.69, 9.17) is 25.8 Å². The third-order valence-electron chi connectivity index (χ3n) is 13.6. The van der Waals surface area contributed by atoms with Crippen LogP contribution in [-0.4, -0.2) is 106 Å². The van der Waals surface area contributed by atoms with Gasteiger partial charge >= 0.3 is 23.7 Å². The summed E-state index contributed by atoms with van der Waals surface area (Å²) in [7, 11) is -2.44. The summed E-state index contributed by atoms with van der Waals surface area (Å²) in [6.45, 7) is 14.4. The number of hydrogen-bond acceptors (Lipinski definition) is 13. The molecule has 0 radical (unpaired) electrons. The van der Waals surface area contributed by atoms with Gasteiger partial charge in [-0.15, -0.1) is 11.3 Å². The Morgan fingerprint density at radius 3 is 2.26 bits per heavy atom. The van der Waals surface area contributed by atoms with Crippen LogP contribution in [0.5, 0.6) is 5.75 Å². The minimum Gasteiger partial charge on any atom is -0.479 e. The van der Waals surface area contributed by atoms with Crippen molar-refractivity contribution in [3.8, 4) is 16.2 Å². The minimum absolute atomic E-state index is 0.00630. The SMILES string of the molecule is Cn1c(=O)n(C2CCC(=O)NC2=O)c2ccc(C3CCN(C(=O)Nc4cccc(CS(=O)(=O)N5CC[C@H](Nc6cccc(-c7sc(C(=O)OC(C)(C)C)c(OCC(=O)OC(C)(C)C)c7Cl)c6)CC5(C)C)c4F)CC3)cc21. The second-order valence-corrected chi connectivity index (χ2v) is 25.5. The van der Waals surface area contributed by atoms with E-state index in [1.807, 2.05) is 56.3 Å². The highest BCUT2D eigenvalue weighted by Crippen LogP contribution is 2.47. The monoisotopic (exact) mass is 1110 g/mol. The molecule has 0 spiro atoms. The van der Waals surface area contributed by atoms with Gasteiger partial charge in [0.25, 0.3) is 0 Å². The molecule has 2 aromatic heterocycles. The second kappa shape index (κ2) is 21.6. The maximum Gasteiger partial charge on any atom is 0.352 e. The van der Waals surface area contributed by atoms with Crippen LogP contribution in [0.1, 0.15) is 127 Å². The number of rotatable bonds is 13. The molecular weight excluding hydrogens is 1040 g/mol. The van der Waals surface area contributed by atoms with Crippen molar-refractivity contribution in [2.45, 2.75) is 134 Å². The number of hydrogen-bond donors (Lipinski definition) is 3. The second-order valence-electron chi connectivity index (χ2n) is 22.2. The maximum atomic E-state index is 16.2. The fourth-order valence-corrected chi connectivity index (χ4v) is 13.6. The van der Waals surface area contributed by atoms with Gasteiger partial charge in [0, 0.05) is 55.9 Å². The Kier molecular flexibility index (Phi) is 15.9. The van der Waals surface area contributed by atoms with Crippen LogP contribution in [0.2, 0.25) is 5.02 Å². The van der Waals surface area contributed by atoms with E-state index in [1.165, 1.54) is 31.6 Å². The molecule has 3 aliphatic heterocycles. The molecule has 5 aromatic rings. The molecule has 8 rings (SSSR count). The van der Waals surface area contributed by atoms with Crippen LogP contribution < -0.4 is 26.4 Å². The Balaban J connectivity index is 0.881. The van der Waals surface area contributed by atoms with Gasteiger partial charge in [-0.05, 0) is 135 Å². The summed E-state index contributed by atoms with van der Waals surface area (Å²) in [5, 5.41) is 8.65. The van der Waals surface area contributed by atoms with Gasteiger partial charge in [-0.25, -0.2) is 32.0 Å². The molecule has 3 aromatic carbocycles. The molecule has 4 amide bonds. The molecule has 2 atom stereocenters. The van der Waals surface area contributed by atoms with Crippen molar-refractivity contribution in [2.24, 2.45) is 7.05 Å². The molecule has 1 unspecified atom stereocenters. The largest absolute Gasteiger partial charge is 0.479 e. The first-order chi connectivity index (χ1) is 35.6. The van der Waals surface area contributed by atoms with Gasteiger partial charge in [0.1, 0.15) is 22.3 Å². The Hall–Kier alpha value is -6.29. The van der Waals surface area contributed by atoms with Gasteiger partial charge < -0.3 is 29.7 Å². The lowest BCUT2D eigenvalue weighted by atomic mass is 9.89. The predicted octanol–water partition coefficient (Wildman–Crippen LogP) is 9.11. The maximum absolute atomic E-state index is 16.2. The van der Waals surface area contributed by atoms with Gasteiger partial charge in [0.2, 0.25) is 21.8 Å². The average Bonchev–Trinajstić information content (AvgIpc) is 3.79. The van der Waals surface area contributed by atoms with Crippen molar-refractivity contribution in [1.29, 1.82) is 0 Å². The third kappa shape index (κ3) is 12.4. The number of ether oxygens (including phenoxy) is 3. The van der Waals surface area contributed by atoms with E-state index in [0.717, 1.165) is 16.9 Å². The molecule has 5 heterocycles. The van der Waals surface area contributed by atoms with Gasteiger partial charge in [-0.3, -0.25) is 24.0 Å². The summed E-state index contributed by atoms with van der Waals surface area (Å²) >= 11 is 7.98. The van der Waals surface area contributed by atoms with Gasteiger partial charge in [-0.1, -0.05) is 41.9 Å². The fourth-order valence-electron chi connectivity index (χ4n) is 10.2. The van der Waals surface area contributed by atoms with Crippen LogP contribution in [0.3, 0.4) is 0 Å².